The van der Waals surface area contributed by atoms with E-state index in [1.165, 1.54) is 38.5 Å². The average Bonchev–Trinajstić information content (AvgIpc) is 2.19. The van der Waals surface area contributed by atoms with Crippen LogP contribution in [0.3, 0.4) is 0 Å². The fraction of sp³-hybridized carbons (Fsp3) is 0.909. The van der Waals surface area contributed by atoms with Crippen LogP contribution in [0.25, 0.3) is 0 Å². The zero-order chi connectivity index (χ0) is 9.52. The second-order valence-corrected chi connectivity index (χ2v) is 4.02. The Kier molecular flexibility index (Phi) is 4.87. The molecule has 2 N–H and O–H groups in total. The molecular formula is C11H22N2. The predicted molar refractivity (Wildman–Crippen MR) is 58.0 cm³/mol. The highest BCUT2D eigenvalue weighted by atomic mass is 14.8. The van der Waals surface area contributed by atoms with E-state index in [4.69, 9.17) is 5.73 Å². The van der Waals surface area contributed by atoms with Gasteiger partial charge in [0, 0.05) is 13.0 Å². The first-order chi connectivity index (χ1) is 6.33. The third-order valence-corrected chi connectivity index (χ3v) is 2.94. The third-order valence-electron chi connectivity index (χ3n) is 2.94. The summed E-state index contributed by atoms with van der Waals surface area (Å²) in [6.07, 6.45) is 9.28. The summed E-state index contributed by atoms with van der Waals surface area (Å²) < 4.78 is 0. The van der Waals surface area contributed by atoms with Crippen molar-refractivity contribution in [2.75, 3.05) is 6.54 Å². The van der Waals surface area contributed by atoms with Crippen LogP contribution in [0, 0.1) is 5.92 Å². The van der Waals surface area contributed by atoms with E-state index in [1.54, 1.807) is 0 Å². The lowest BCUT2D eigenvalue weighted by molar-refractivity contribution is 0.343. The van der Waals surface area contributed by atoms with E-state index in [9.17, 15) is 0 Å². The first-order valence-electron chi connectivity index (χ1n) is 5.61. The Morgan fingerprint density at radius 3 is 2.62 bits per heavy atom. The molecule has 2 heteroatoms. The predicted octanol–water partition coefficient (Wildman–Crippen LogP) is 2.72. The van der Waals surface area contributed by atoms with Gasteiger partial charge in [0.2, 0.25) is 0 Å². The van der Waals surface area contributed by atoms with Crippen LogP contribution in [-0.4, -0.2) is 12.4 Å². The van der Waals surface area contributed by atoms with Gasteiger partial charge in [0.05, 0.1) is 5.84 Å². The maximum absolute atomic E-state index is 5.64. The lowest BCUT2D eigenvalue weighted by Gasteiger charge is -2.20. The molecule has 1 rings (SSSR count). The minimum absolute atomic E-state index is 0.816. The van der Waals surface area contributed by atoms with Crippen LogP contribution in [0.15, 0.2) is 4.99 Å². The summed E-state index contributed by atoms with van der Waals surface area (Å²) in [5.74, 6) is 1.75. The van der Waals surface area contributed by atoms with Gasteiger partial charge in [-0.2, -0.15) is 0 Å². The molecule has 0 unspecified atom stereocenters. The fourth-order valence-electron chi connectivity index (χ4n) is 1.98. The van der Waals surface area contributed by atoms with Crippen molar-refractivity contribution < 1.29 is 0 Å². The van der Waals surface area contributed by atoms with Crippen LogP contribution in [0.1, 0.15) is 51.9 Å². The van der Waals surface area contributed by atoms with Gasteiger partial charge < -0.3 is 5.73 Å². The summed E-state index contributed by atoms with van der Waals surface area (Å²) in [6, 6.07) is 0. The molecule has 0 saturated heterocycles. The number of nitrogens with two attached hydrogens (primary N) is 1. The SMILES string of the molecule is CCC(N)=NCCC1CCCCC1. The standard InChI is InChI=1S/C11H22N2/c1-2-11(12)13-9-8-10-6-4-3-5-7-10/h10H,2-9H2,1H3,(H2,12,13). The van der Waals surface area contributed by atoms with E-state index >= 15 is 0 Å². The maximum Gasteiger partial charge on any atom is 0.0934 e. The molecule has 13 heavy (non-hydrogen) atoms. The molecule has 0 spiro atoms. The second kappa shape index (κ2) is 6.01. The Bertz CT molecular complexity index is 157. The molecule has 0 amide bonds. The smallest absolute Gasteiger partial charge is 0.0934 e. The molecule has 0 radical (unpaired) electrons. The quantitative estimate of drug-likeness (QED) is 0.527. The molecule has 1 fully saturated rings. The number of hydrogen-bond donors (Lipinski definition) is 1. The molecular weight excluding hydrogens is 160 g/mol. The molecule has 0 aromatic heterocycles. The normalized spacial score (nSPS) is 20.5. The average molecular weight is 182 g/mol. The van der Waals surface area contributed by atoms with Gasteiger partial charge in [-0.3, -0.25) is 4.99 Å². The largest absolute Gasteiger partial charge is 0.387 e. The van der Waals surface area contributed by atoms with Gasteiger partial charge in [-0.05, 0) is 12.3 Å². The van der Waals surface area contributed by atoms with Crippen LogP contribution >= 0.6 is 0 Å². The van der Waals surface area contributed by atoms with Crippen LogP contribution in [0.5, 0.6) is 0 Å². The Labute approximate surface area is 81.6 Å². The molecule has 1 aliphatic carbocycles. The zero-order valence-corrected chi connectivity index (χ0v) is 8.76. The molecule has 1 aliphatic rings. The fourth-order valence-corrected chi connectivity index (χ4v) is 1.98. The first kappa shape index (κ1) is 10.6. The van der Waals surface area contributed by atoms with E-state index in [0.717, 1.165) is 24.7 Å². The van der Waals surface area contributed by atoms with Crippen molar-refractivity contribution in [2.45, 2.75) is 51.9 Å². The van der Waals surface area contributed by atoms with E-state index in [1.807, 2.05) is 0 Å². The van der Waals surface area contributed by atoms with E-state index in [0.29, 0.717) is 0 Å². The molecule has 0 aromatic carbocycles. The summed E-state index contributed by atoms with van der Waals surface area (Å²) in [6.45, 7) is 3.00. The van der Waals surface area contributed by atoms with Crippen LogP contribution in [-0.2, 0) is 0 Å². The number of nitrogens with zero attached hydrogens (tertiary/aromatic N) is 1. The van der Waals surface area contributed by atoms with Gasteiger partial charge in [0.25, 0.3) is 0 Å². The molecule has 0 bridgehead atoms. The lowest BCUT2D eigenvalue weighted by Crippen LogP contribution is -2.12. The molecule has 0 atom stereocenters. The lowest BCUT2D eigenvalue weighted by atomic mass is 9.87. The summed E-state index contributed by atoms with van der Waals surface area (Å²) in [5, 5.41) is 0. The summed E-state index contributed by atoms with van der Waals surface area (Å²) in [7, 11) is 0. The Morgan fingerprint density at radius 2 is 2.00 bits per heavy atom. The maximum atomic E-state index is 5.64. The van der Waals surface area contributed by atoms with Gasteiger partial charge in [-0.1, -0.05) is 39.0 Å². The van der Waals surface area contributed by atoms with Gasteiger partial charge in [0.15, 0.2) is 0 Å². The van der Waals surface area contributed by atoms with Crippen molar-refractivity contribution in [3.05, 3.63) is 0 Å². The number of aliphatic imine (C=N–C) groups is 1. The summed E-state index contributed by atoms with van der Waals surface area (Å²) >= 11 is 0. The Hall–Kier alpha value is -0.530. The van der Waals surface area contributed by atoms with Gasteiger partial charge in [0.1, 0.15) is 0 Å². The molecule has 0 aromatic rings. The topological polar surface area (TPSA) is 38.4 Å². The minimum Gasteiger partial charge on any atom is -0.387 e. The minimum atomic E-state index is 0.816. The molecule has 2 nitrogen and oxygen atoms in total. The molecule has 76 valence electrons. The summed E-state index contributed by atoms with van der Waals surface area (Å²) in [4.78, 5) is 4.33. The van der Waals surface area contributed by atoms with Crippen LogP contribution in [0.4, 0.5) is 0 Å². The van der Waals surface area contributed by atoms with Crippen molar-refractivity contribution >= 4 is 5.84 Å². The van der Waals surface area contributed by atoms with Gasteiger partial charge >= 0.3 is 0 Å². The van der Waals surface area contributed by atoms with Crippen molar-refractivity contribution in [3.63, 3.8) is 0 Å². The van der Waals surface area contributed by atoms with Crippen LogP contribution < -0.4 is 5.73 Å². The van der Waals surface area contributed by atoms with E-state index < -0.39 is 0 Å². The highest BCUT2D eigenvalue weighted by Crippen LogP contribution is 2.25. The van der Waals surface area contributed by atoms with E-state index in [2.05, 4.69) is 11.9 Å². The molecule has 0 heterocycles. The highest BCUT2D eigenvalue weighted by molar-refractivity contribution is 5.79. The molecule has 1 saturated carbocycles. The number of amidine groups is 1. The second-order valence-electron chi connectivity index (χ2n) is 4.02. The number of rotatable bonds is 4. The van der Waals surface area contributed by atoms with Gasteiger partial charge in [-0.15, -0.1) is 0 Å². The zero-order valence-electron chi connectivity index (χ0n) is 8.76. The van der Waals surface area contributed by atoms with E-state index in [-0.39, 0.29) is 0 Å². The van der Waals surface area contributed by atoms with Crippen molar-refractivity contribution in [1.29, 1.82) is 0 Å². The third kappa shape index (κ3) is 4.30. The highest BCUT2D eigenvalue weighted by Gasteiger charge is 2.12. The number of hydrogen-bond acceptors (Lipinski definition) is 1. The monoisotopic (exact) mass is 182 g/mol. The first-order valence-corrected chi connectivity index (χ1v) is 5.61. The van der Waals surface area contributed by atoms with Crippen molar-refractivity contribution in [1.82, 2.24) is 0 Å². The van der Waals surface area contributed by atoms with Crippen molar-refractivity contribution in [3.8, 4) is 0 Å². The van der Waals surface area contributed by atoms with Gasteiger partial charge in [-0.25, -0.2) is 0 Å². The summed E-state index contributed by atoms with van der Waals surface area (Å²) in [5.41, 5.74) is 5.64. The van der Waals surface area contributed by atoms with Crippen molar-refractivity contribution in [2.24, 2.45) is 16.6 Å². The Morgan fingerprint density at radius 1 is 1.31 bits per heavy atom. The Balaban J connectivity index is 2.10. The van der Waals surface area contributed by atoms with Crippen LogP contribution in [0.2, 0.25) is 0 Å². The molecule has 0 aliphatic heterocycles.